The maximum Gasteiger partial charge on any atom is 0.310 e. The summed E-state index contributed by atoms with van der Waals surface area (Å²) in [6.07, 6.45) is 1.16. The lowest BCUT2D eigenvalue weighted by molar-refractivity contribution is -0.151. The molecular formula is C12H25ClN2O3. The molecule has 2 N–H and O–H groups in total. The fraction of sp³-hybridized carbons (Fsp3) is 0.833. The van der Waals surface area contributed by atoms with Crippen LogP contribution in [0, 0.1) is 5.92 Å². The van der Waals surface area contributed by atoms with Crippen molar-refractivity contribution < 1.29 is 14.3 Å². The summed E-state index contributed by atoms with van der Waals surface area (Å²) in [6, 6.07) is 0. The second-order valence-corrected chi connectivity index (χ2v) is 4.40. The minimum atomic E-state index is -0.300. The van der Waals surface area contributed by atoms with Crippen LogP contribution in [-0.4, -0.2) is 38.1 Å². The molecule has 0 aliphatic carbocycles. The number of hydrogen-bond acceptors (Lipinski definition) is 4. The summed E-state index contributed by atoms with van der Waals surface area (Å²) >= 11 is 0. The molecule has 108 valence electrons. The maximum atomic E-state index is 11.4. The van der Waals surface area contributed by atoms with Crippen molar-refractivity contribution in [3.05, 3.63) is 0 Å². The van der Waals surface area contributed by atoms with Gasteiger partial charge in [-0.2, -0.15) is 0 Å². The van der Waals surface area contributed by atoms with Crippen LogP contribution in [-0.2, 0) is 14.3 Å². The maximum absolute atomic E-state index is 11.4. The molecule has 1 amide bonds. The minimum absolute atomic E-state index is 0. The van der Waals surface area contributed by atoms with E-state index >= 15 is 0 Å². The highest BCUT2D eigenvalue weighted by molar-refractivity contribution is 5.85. The number of halogens is 1. The molecule has 0 rings (SSSR count). The topological polar surface area (TPSA) is 67.4 Å². The van der Waals surface area contributed by atoms with Crippen LogP contribution in [0.5, 0.6) is 0 Å². The molecule has 0 aromatic rings. The van der Waals surface area contributed by atoms with Crippen molar-refractivity contribution in [3.8, 4) is 0 Å². The lowest BCUT2D eigenvalue weighted by Gasteiger charge is -2.14. The number of nitrogens with one attached hydrogen (secondary N) is 2. The van der Waals surface area contributed by atoms with Crippen molar-refractivity contribution in [2.75, 3.05) is 20.1 Å². The predicted octanol–water partition coefficient (Wildman–Crippen LogP) is 1.11. The van der Waals surface area contributed by atoms with Crippen LogP contribution in [0.1, 0.15) is 33.6 Å². The Kier molecular flexibility index (Phi) is 12.2. The lowest BCUT2D eigenvalue weighted by Crippen LogP contribution is -2.33. The zero-order chi connectivity index (χ0) is 13.3. The summed E-state index contributed by atoms with van der Waals surface area (Å²) < 4.78 is 5.04. The van der Waals surface area contributed by atoms with E-state index in [9.17, 15) is 9.59 Å². The molecule has 0 aromatic heterocycles. The highest BCUT2D eigenvalue weighted by atomic mass is 35.5. The average molecular weight is 281 g/mol. The molecule has 0 bridgehead atoms. The first kappa shape index (κ1) is 19.5. The molecule has 1 atom stereocenters. The number of carbonyl (C=O) groups excluding carboxylic acids is 2. The molecule has 6 heteroatoms. The molecule has 0 heterocycles. The van der Waals surface area contributed by atoms with Gasteiger partial charge in [-0.05, 0) is 33.9 Å². The van der Waals surface area contributed by atoms with Gasteiger partial charge in [-0.3, -0.25) is 9.59 Å². The van der Waals surface area contributed by atoms with Crippen molar-refractivity contribution in [2.45, 2.75) is 39.7 Å². The third kappa shape index (κ3) is 10.4. The van der Waals surface area contributed by atoms with E-state index in [4.69, 9.17) is 4.74 Å². The normalized spacial score (nSPS) is 11.6. The highest BCUT2D eigenvalue weighted by Gasteiger charge is 2.16. The Morgan fingerprint density at radius 1 is 1.22 bits per heavy atom. The molecule has 0 radical (unpaired) electrons. The summed E-state index contributed by atoms with van der Waals surface area (Å²) in [5.41, 5.74) is 0. The summed E-state index contributed by atoms with van der Waals surface area (Å²) in [5.74, 6) is -0.592. The molecule has 0 saturated carbocycles. The molecule has 0 aromatic carbocycles. The van der Waals surface area contributed by atoms with Crippen LogP contribution in [0.15, 0.2) is 0 Å². The SMILES string of the molecule is CNCCCC(=O)NCC(C)C(=O)OC(C)C.Cl. The highest BCUT2D eigenvalue weighted by Crippen LogP contribution is 2.00. The molecule has 0 aliphatic rings. The molecule has 5 nitrogen and oxygen atoms in total. The zero-order valence-electron chi connectivity index (χ0n) is 11.6. The van der Waals surface area contributed by atoms with Gasteiger partial charge in [0.15, 0.2) is 0 Å². The minimum Gasteiger partial charge on any atom is -0.463 e. The Balaban J connectivity index is 0. The Hall–Kier alpha value is -0.810. The van der Waals surface area contributed by atoms with Crippen LogP contribution >= 0.6 is 12.4 Å². The largest absolute Gasteiger partial charge is 0.463 e. The van der Waals surface area contributed by atoms with Crippen molar-refractivity contribution >= 4 is 24.3 Å². The van der Waals surface area contributed by atoms with E-state index in [0.29, 0.717) is 13.0 Å². The van der Waals surface area contributed by atoms with Crippen LogP contribution in [0.4, 0.5) is 0 Å². The van der Waals surface area contributed by atoms with E-state index in [0.717, 1.165) is 13.0 Å². The van der Waals surface area contributed by atoms with Crippen LogP contribution < -0.4 is 10.6 Å². The first-order chi connectivity index (χ1) is 7.97. The van der Waals surface area contributed by atoms with Gasteiger partial charge in [-0.1, -0.05) is 6.92 Å². The average Bonchev–Trinajstić information content (AvgIpc) is 2.25. The van der Waals surface area contributed by atoms with Gasteiger partial charge in [0, 0.05) is 13.0 Å². The van der Waals surface area contributed by atoms with Gasteiger partial charge in [-0.25, -0.2) is 0 Å². The van der Waals surface area contributed by atoms with E-state index in [1.165, 1.54) is 0 Å². The Labute approximate surface area is 115 Å². The van der Waals surface area contributed by atoms with E-state index in [1.807, 2.05) is 7.05 Å². The standard InChI is InChI=1S/C12H24N2O3.ClH/c1-9(2)17-12(16)10(3)8-14-11(15)6-5-7-13-4;/h9-10,13H,5-8H2,1-4H3,(H,14,15);1H. The number of amides is 1. The van der Waals surface area contributed by atoms with Crippen molar-refractivity contribution in [1.29, 1.82) is 0 Å². The van der Waals surface area contributed by atoms with Crippen LogP contribution in [0.2, 0.25) is 0 Å². The quantitative estimate of drug-likeness (QED) is 0.516. The van der Waals surface area contributed by atoms with Gasteiger partial charge in [-0.15, -0.1) is 12.4 Å². The van der Waals surface area contributed by atoms with Crippen molar-refractivity contribution in [1.82, 2.24) is 10.6 Å². The molecule has 0 spiro atoms. The predicted molar refractivity (Wildman–Crippen MR) is 73.8 cm³/mol. The summed E-state index contributed by atoms with van der Waals surface area (Å²) in [7, 11) is 1.85. The van der Waals surface area contributed by atoms with Crippen molar-refractivity contribution in [3.63, 3.8) is 0 Å². The zero-order valence-corrected chi connectivity index (χ0v) is 12.4. The number of hydrogen-bond donors (Lipinski definition) is 2. The number of rotatable bonds is 8. The van der Waals surface area contributed by atoms with Gasteiger partial charge < -0.3 is 15.4 Å². The van der Waals surface area contributed by atoms with Gasteiger partial charge >= 0.3 is 5.97 Å². The molecular weight excluding hydrogens is 256 g/mol. The second kappa shape index (κ2) is 11.3. The summed E-state index contributed by atoms with van der Waals surface area (Å²) in [4.78, 5) is 22.8. The molecule has 0 saturated heterocycles. The lowest BCUT2D eigenvalue weighted by atomic mass is 10.2. The van der Waals surface area contributed by atoms with E-state index in [2.05, 4.69) is 10.6 Å². The molecule has 0 fully saturated rings. The second-order valence-electron chi connectivity index (χ2n) is 4.40. The number of carbonyl (C=O) groups is 2. The third-order valence-corrected chi connectivity index (χ3v) is 2.19. The fourth-order valence-electron chi connectivity index (χ4n) is 1.21. The fourth-order valence-corrected chi connectivity index (χ4v) is 1.21. The van der Waals surface area contributed by atoms with E-state index in [1.54, 1.807) is 20.8 Å². The monoisotopic (exact) mass is 280 g/mol. The molecule has 0 aliphatic heterocycles. The van der Waals surface area contributed by atoms with Crippen LogP contribution in [0.3, 0.4) is 0 Å². The van der Waals surface area contributed by atoms with Gasteiger partial charge in [0.2, 0.25) is 5.91 Å². The van der Waals surface area contributed by atoms with E-state index < -0.39 is 0 Å². The summed E-state index contributed by atoms with van der Waals surface area (Å²) in [6.45, 7) is 6.52. The number of ether oxygens (including phenoxy) is 1. The third-order valence-electron chi connectivity index (χ3n) is 2.19. The van der Waals surface area contributed by atoms with Crippen LogP contribution in [0.25, 0.3) is 0 Å². The smallest absolute Gasteiger partial charge is 0.310 e. The first-order valence-electron chi connectivity index (χ1n) is 6.09. The molecule has 18 heavy (non-hydrogen) atoms. The van der Waals surface area contributed by atoms with Gasteiger partial charge in [0.1, 0.15) is 0 Å². The Morgan fingerprint density at radius 2 is 1.83 bits per heavy atom. The van der Waals surface area contributed by atoms with Crippen molar-refractivity contribution in [2.24, 2.45) is 5.92 Å². The molecule has 1 unspecified atom stereocenters. The number of esters is 1. The first-order valence-corrected chi connectivity index (χ1v) is 6.09. The van der Waals surface area contributed by atoms with Gasteiger partial charge in [0.05, 0.1) is 12.0 Å². The van der Waals surface area contributed by atoms with E-state index in [-0.39, 0.29) is 36.3 Å². The summed E-state index contributed by atoms with van der Waals surface area (Å²) in [5, 5.41) is 5.70. The van der Waals surface area contributed by atoms with Gasteiger partial charge in [0.25, 0.3) is 0 Å². The Morgan fingerprint density at radius 3 is 2.33 bits per heavy atom. The Bertz CT molecular complexity index is 247.